The lowest BCUT2D eigenvalue weighted by molar-refractivity contribution is -0.137. The average Bonchev–Trinajstić information content (AvgIpc) is 3.38. The van der Waals surface area contributed by atoms with Crippen LogP contribution < -0.4 is 32.3 Å². The number of imide groups is 1. The third-order valence-electron chi connectivity index (χ3n) is 6.92. The Morgan fingerprint density at radius 1 is 0.816 bits per heavy atom. The normalized spacial score (nSPS) is 13.8. The molecule has 0 fully saturated rings. The predicted octanol–water partition coefficient (Wildman–Crippen LogP) is 0.502. The lowest BCUT2D eigenvalue weighted by Gasteiger charge is -2.21. The highest BCUT2D eigenvalue weighted by atomic mass is 16.6. The van der Waals surface area contributed by atoms with Crippen LogP contribution in [0.3, 0.4) is 0 Å². The van der Waals surface area contributed by atoms with Gasteiger partial charge >= 0.3 is 12.2 Å². The summed E-state index contributed by atoms with van der Waals surface area (Å²) < 4.78 is 9.95. The number of amides is 8. The van der Waals surface area contributed by atoms with Crippen LogP contribution in [0, 0.1) is 0 Å². The monoisotopic (exact) mass is 685 g/mol. The second-order valence-corrected chi connectivity index (χ2v) is 11.0. The number of carbonyl (C=O) groups excluding carboxylic acids is 8. The summed E-state index contributed by atoms with van der Waals surface area (Å²) in [5.41, 5.74) is 6.22. The number of hydrogen-bond acceptors (Lipinski definition) is 10. The number of primary amides is 1. The third-order valence-corrected chi connectivity index (χ3v) is 6.92. The fourth-order valence-electron chi connectivity index (χ4n) is 4.23. The summed E-state index contributed by atoms with van der Waals surface area (Å²) in [6, 6.07) is 2.73. The minimum Gasteiger partial charge on any atom is -0.445 e. The molecule has 8 amide bonds. The minimum absolute atomic E-state index is 0.0416. The van der Waals surface area contributed by atoms with Crippen molar-refractivity contribution in [3.8, 4) is 0 Å². The van der Waals surface area contributed by atoms with E-state index < -0.39 is 60.4 Å². The van der Waals surface area contributed by atoms with Gasteiger partial charge in [0, 0.05) is 30.9 Å². The molecule has 0 saturated carbocycles. The van der Waals surface area contributed by atoms with Crippen molar-refractivity contribution >= 4 is 53.3 Å². The first-order valence-electron chi connectivity index (χ1n) is 15.6. The Labute approximate surface area is 283 Å². The number of alkyl carbamates (subject to hydrolysis) is 2. The van der Waals surface area contributed by atoms with Crippen LogP contribution in [0.25, 0.3) is 0 Å². The quantitative estimate of drug-likeness (QED) is 0.0631. The van der Waals surface area contributed by atoms with Crippen LogP contribution in [-0.4, -0.2) is 90.4 Å². The maximum absolute atomic E-state index is 12.9. The van der Waals surface area contributed by atoms with Gasteiger partial charge in [-0.05, 0) is 44.4 Å². The van der Waals surface area contributed by atoms with Crippen molar-refractivity contribution in [2.75, 3.05) is 25.0 Å². The predicted molar refractivity (Wildman–Crippen MR) is 175 cm³/mol. The number of nitrogens with two attached hydrogens (primary N) is 1. The number of hydrogen-bond donors (Lipinski definition) is 6. The van der Waals surface area contributed by atoms with Gasteiger partial charge in [0.2, 0.25) is 23.6 Å². The molecule has 17 nitrogen and oxygen atoms in total. The summed E-state index contributed by atoms with van der Waals surface area (Å²) in [5.74, 6) is -3.69. The van der Waals surface area contributed by atoms with E-state index in [1.165, 1.54) is 49.1 Å². The van der Waals surface area contributed by atoms with Crippen LogP contribution in [0.5, 0.6) is 0 Å². The zero-order valence-corrected chi connectivity index (χ0v) is 27.5. The van der Waals surface area contributed by atoms with E-state index in [2.05, 4.69) is 33.2 Å². The molecule has 1 aliphatic rings. The van der Waals surface area contributed by atoms with Crippen molar-refractivity contribution in [3.63, 3.8) is 0 Å². The molecule has 0 radical (unpaired) electrons. The molecule has 1 heterocycles. The van der Waals surface area contributed by atoms with Crippen LogP contribution >= 0.6 is 0 Å². The maximum Gasteiger partial charge on any atom is 0.408 e. The minimum atomic E-state index is -1.36. The summed E-state index contributed by atoms with van der Waals surface area (Å²) >= 11 is 0. The number of anilines is 1. The number of unbranched alkanes of at least 4 members (excludes halogenated alkanes) is 3. The van der Waals surface area contributed by atoms with E-state index in [0.29, 0.717) is 37.2 Å². The van der Waals surface area contributed by atoms with Gasteiger partial charge in [-0.1, -0.05) is 37.6 Å². The van der Waals surface area contributed by atoms with Gasteiger partial charge in [-0.3, -0.25) is 33.7 Å². The number of carbonyl (C=O) groups is 8. The van der Waals surface area contributed by atoms with Crippen LogP contribution in [-0.2, 0) is 44.8 Å². The Balaban J connectivity index is 1.74. The molecule has 49 heavy (non-hydrogen) atoms. The van der Waals surface area contributed by atoms with Crippen molar-refractivity contribution in [3.05, 3.63) is 54.6 Å². The maximum atomic E-state index is 12.9. The molecule has 0 saturated heterocycles. The fraction of sp³-hybridized carbons (Fsp3) is 0.438. The van der Waals surface area contributed by atoms with E-state index >= 15 is 0 Å². The van der Waals surface area contributed by atoms with Gasteiger partial charge in [-0.2, -0.15) is 0 Å². The Bertz CT molecular complexity index is 1400. The van der Waals surface area contributed by atoms with Crippen LogP contribution in [0.2, 0.25) is 0 Å². The van der Waals surface area contributed by atoms with Crippen LogP contribution in [0.1, 0.15) is 51.5 Å². The highest BCUT2D eigenvalue weighted by Crippen LogP contribution is 2.12. The molecule has 3 unspecified atom stereocenters. The summed E-state index contributed by atoms with van der Waals surface area (Å²) in [7, 11) is 0. The van der Waals surface area contributed by atoms with E-state index in [9.17, 15) is 38.4 Å². The third kappa shape index (κ3) is 14.7. The van der Waals surface area contributed by atoms with Crippen molar-refractivity contribution in [1.29, 1.82) is 0 Å². The van der Waals surface area contributed by atoms with Gasteiger partial charge in [0.15, 0.2) is 0 Å². The van der Waals surface area contributed by atoms with E-state index in [1.54, 1.807) is 12.1 Å². The second-order valence-electron chi connectivity index (χ2n) is 11.0. The first kappa shape index (κ1) is 39.4. The molecule has 0 spiro atoms. The molecule has 0 bridgehead atoms. The van der Waals surface area contributed by atoms with E-state index in [1.807, 2.05) is 0 Å². The number of nitrogens with zero attached hydrogens (tertiary/aromatic N) is 1. The Hall–Kier alpha value is -5.74. The molecule has 3 atom stereocenters. The number of benzene rings is 1. The van der Waals surface area contributed by atoms with Gasteiger partial charge in [0.25, 0.3) is 11.8 Å². The van der Waals surface area contributed by atoms with Crippen molar-refractivity contribution in [1.82, 2.24) is 26.2 Å². The molecular weight excluding hydrogens is 642 g/mol. The molecule has 1 aliphatic heterocycles. The Morgan fingerprint density at radius 2 is 1.43 bits per heavy atom. The molecule has 17 heteroatoms. The lowest BCUT2D eigenvalue weighted by atomic mass is 10.1. The molecule has 0 aliphatic carbocycles. The SMILES string of the molecule is C=CCOC(=O)NC(C)C(=O)NC(C)C(=O)NC(CC(N)=O)C(=O)Nc1ccc(COC(=O)NCCCCCCN2C(=O)C=CC2=O)cc1. The second kappa shape index (κ2) is 20.5. The topological polar surface area (TPSA) is 244 Å². The highest BCUT2D eigenvalue weighted by Gasteiger charge is 2.27. The van der Waals surface area contributed by atoms with Crippen LogP contribution in [0.4, 0.5) is 15.3 Å². The van der Waals surface area contributed by atoms with Gasteiger partial charge < -0.3 is 41.8 Å². The summed E-state index contributed by atoms with van der Waals surface area (Å²) in [6.07, 6.45) is 4.83. The van der Waals surface area contributed by atoms with Gasteiger partial charge in [0.1, 0.15) is 31.3 Å². The van der Waals surface area contributed by atoms with Crippen molar-refractivity contribution in [2.45, 2.75) is 70.7 Å². The Morgan fingerprint density at radius 3 is 2.06 bits per heavy atom. The van der Waals surface area contributed by atoms with E-state index in [4.69, 9.17) is 15.2 Å². The zero-order chi connectivity index (χ0) is 36.3. The van der Waals surface area contributed by atoms with Gasteiger partial charge in [-0.25, -0.2) is 9.59 Å². The first-order valence-corrected chi connectivity index (χ1v) is 15.6. The Kier molecular flexibility index (Phi) is 16.5. The lowest BCUT2D eigenvalue weighted by Crippen LogP contribution is -2.55. The van der Waals surface area contributed by atoms with Gasteiger partial charge in [0.05, 0.1) is 6.42 Å². The highest BCUT2D eigenvalue weighted by molar-refractivity contribution is 6.12. The van der Waals surface area contributed by atoms with Gasteiger partial charge in [-0.15, -0.1) is 0 Å². The first-order chi connectivity index (χ1) is 23.3. The molecular formula is C32H43N7O10. The largest absolute Gasteiger partial charge is 0.445 e. The summed E-state index contributed by atoms with van der Waals surface area (Å²) in [6.45, 7) is 6.79. The summed E-state index contributed by atoms with van der Waals surface area (Å²) in [4.78, 5) is 97.5. The van der Waals surface area contributed by atoms with Crippen molar-refractivity contribution < 1.29 is 47.8 Å². The number of nitrogens with one attached hydrogen (secondary N) is 5. The molecule has 0 aromatic heterocycles. The zero-order valence-electron chi connectivity index (χ0n) is 27.5. The molecule has 7 N–H and O–H groups in total. The van der Waals surface area contributed by atoms with Crippen LogP contribution in [0.15, 0.2) is 49.1 Å². The van der Waals surface area contributed by atoms with Crippen molar-refractivity contribution in [2.24, 2.45) is 5.73 Å². The summed E-state index contributed by atoms with van der Waals surface area (Å²) in [5, 5.41) is 12.3. The molecule has 2 rings (SSSR count). The van der Waals surface area contributed by atoms with E-state index in [-0.39, 0.29) is 25.0 Å². The smallest absolute Gasteiger partial charge is 0.408 e. The van der Waals surface area contributed by atoms with E-state index in [0.717, 1.165) is 12.8 Å². The molecule has 266 valence electrons. The molecule has 1 aromatic rings. The standard InChI is InChI=1S/C32H43N7O10/c1-4-17-48-32(47)36-21(3)28(43)35-20(2)29(44)38-24(18-25(33)40)30(45)37-23-11-9-22(10-12-23)19-49-31(46)34-15-7-5-6-8-16-39-26(41)13-14-27(39)42/h4,9-14,20-21,24H,1,5-8,15-19H2,2-3H3,(H2,33,40)(H,34,46)(H,35,43)(H,36,47)(H,37,45)(H,38,44). The number of ether oxygens (including phenoxy) is 2. The molecule has 1 aromatic carbocycles. The number of rotatable bonds is 20. The average molecular weight is 686 g/mol. The fourth-order valence-corrected chi connectivity index (χ4v) is 4.23.